The Kier molecular flexibility index (Phi) is 2.15. The lowest BCUT2D eigenvalue weighted by atomic mass is 10.1. The van der Waals surface area contributed by atoms with Gasteiger partial charge >= 0.3 is 0 Å². The van der Waals surface area contributed by atoms with Gasteiger partial charge in [-0.3, -0.25) is 0 Å². The molecule has 14 heavy (non-hydrogen) atoms. The number of nitrogens with one attached hydrogen (secondary N) is 1. The molecule has 1 aromatic rings. The average molecular weight is 193 g/mol. The van der Waals surface area contributed by atoms with Crippen molar-refractivity contribution in [1.82, 2.24) is 0 Å². The first-order chi connectivity index (χ1) is 6.66. The molecule has 1 aromatic carbocycles. The van der Waals surface area contributed by atoms with Crippen LogP contribution in [0, 0.1) is 5.82 Å². The Balaban J connectivity index is 2.27. The first kappa shape index (κ1) is 9.06. The minimum absolute atomic E-state index is 0.118. The number of halogens is 1. The van der Waals surface area contributed by atoms with E-state index in [1.54, 1.807) is 6.07 Å². The molecule has 3 heteroatoms. The third-order valence-corrected chi connectivity index (χ3v) is 2.27. The number of fused-ring (bicyclic) bond motifs is 1. The number of ether oxygens (including phenoxy) is 1. The Morgan fingerprint density at radius 1 is 1.64 bits per heavy atom. The summed E-state index contributed by atoms with van der Waals surface area (Å²) in [5.41, 5.74) is 1.84. The predicted molar refractivity (Wildman–Crippen MR) is 54.1 cm³/mol. The first-order valence-electron chi connectivity index (χ1n) is 4.51. The maximum absolute atomic E-state index is 12.8. The van der Waals surface area contributed by atoms with Crippen LogP contribution in [0.4, 0.5) is 10.1 Å². The standard InChI is InChI=1S/C11H12FNO/c1-7(2)10-6-14-11-5-8(12)3-4-9(11)13-10/h3-5,10,13H,1,6H2,2H3/t10-/m1/s1. The van der Waals surface area contributed by atoms with E-state index in [4.69, 9.17) is 4.74 Å². The minimum Gasteiger partial charge on any atom is -0.489 e. The van der Waals surface area contributed by atoms with E-state index in [1.807, 2.05) is 6.92 Å². The van der Waals surface area contributed by atoms with Crippen molar-refractivity contribution in [3.05, 3.63) is 36.2 Å². The monoisotopic (exact) mass is 193 g/mol. The molecule has 0 unspecified atom stereocenters. The maximum Gasteiger partial charge on any atom is 0.145 e. The molecule has 0 saturated heterocycles. The molecule has 1 aliphatic heterocycles. The van der Waals surface area contributed by atoms with Crippen molar-refractivity contribution in [2.45, 2.75) is 13.0 Å². The van der Waals surface area contributed by atoms with Crippen LogP contribution in [0.3, 0.4) is 0 Å². The fourth-order valence-corrected chi connectivity index (χ4v) is 1.40. The van der Waals surface area contributed by atoms with Gasteiger partial charge in [0.1, 0.15) is 18.2 Å². The van der Waals surface area contributed by atoms with E-state index in [1.165, 1.54) is 12.1 Å². The van der Waals surface area contributed by atoms with E-state index < -0.39 is 0 Å². The number of hydrogen-bond donors (Lipinski definition) is 1. The summed E-state index contributed by atoms with van der Waals surface area (Å²) in [7, 11) is 0. The van der Waals surface area contributed by atoms with Gasteiger partial charge < -0.3 is 10.1 Å². The second-order valence-corrected chi connectivity index (χ2v) is 3.49. The molecule has 0 saturated carbocycles. The maximum atomic E-state index is 12.8. The molecular weight excluding hydrogens is 181 g/mol. The predicted octanol–water partition coefficient (Wildman–Crippen LogP) is 2.57. The summed E-state index contributed by atoms with van der Waals surface area (Å²) in [6, 6.07) is 4.60. The molecule has 74 valence electrons. The smallest absolute Gasteiger partial charge is 0.145 e. The zero-order valence-electron chi connectivity index (χ0n) is 8.01. The van der Waals surface area contributed by atoms with E-state index in [0.717, 1.165) is 11.3 Å². The average Bonchev–Trinajstić information content (AvgIpc) is 2.16. The molecule has 2 rings (SSSR count). The van der Waals surface area contributed by atoms with Crippen molar-refractivity contribution < 1.29 is 9.13 Å². The highest BCUT2D eigenvalue weighted by Crippen LogP contribution is 2.30. The molecule has 0 aromatic heterocycles. The minimum atomic E-state index is -0.278. The van der Waals surface area contributed by atoms with Crippen LogP contribution in [-0.2, 0) is 0 Å². The van der Waals surface area contributed by atoms with E-state index in [9.17, 15) is 4.39 Å². The van der Waals surface area contributed by atoms with Crippen molar-refractivity contribution in [1.29, 1.82) is 0 Å². The summed E-state index contributed by atoms with van der Waals surface area (Å²) in [6.45, 7) is 6.30. The van der Waals surface area contributed by atoms with E-state index in [0.29, 0.717) is 12.4 Å². The van der Waals surface area contributed by atoms with E-state index >= 15 is 0 Å². The molecule has 0 amide bonds. The molecular formula is C11H12FNO. The molecule has 0 bridgehead atoms. The second-order valence-electron chi connectivity index (χ2n) is 3.49. The molecule has 1 atom stereocenters. The van der Waals surface area contributed by atoms with Gasteiger partial charge in [-0.15, -0.1) is 0 Å². The summed E-state index contributed by atoms with van der Waals surface area (Å²) in [5, 5.41) is 3.23. The van der Waals surface area contributed by atoms with Gasteiger partial charge in [0.2, 0.25) is 0 Å². The normalized spacial score (nSPS) is 19.1. The fourth-order valence-electron chi connectivity index (χ4n) is 1.40. The molecule has 1 aliphatic rings. The quantitative estimate of drug-likeness (QED) is 0.692. The van der Waals surface area contributed by atoms with Gasteiger partial charge in [-0.25, -0.2) is 4.39 Å². The van der Waals surface area contributed by atoms with Gasteiger partial charge in [0.05, 0.1) is 11.7 Å². The molecule has 0 aliphatic carbocycles. The molecule has 1 heterocycles. The Bertz CT molecular complexity index is 376. The van der Waals surface area contributed by atoms with Crippen LogP contribution in [0.15, 0.2) is 30.4 Å². The number of hydrogen-bond acceptors (Lipinski definition) is 2. The summed E-state index contributed by atoms with van der Waals surface area (Å²) < 4.78 is 18.2. The van der Waals surface area contributed by atoms with Gasteiger partial charge in [0, 0.05) is 6.07 Å². The summed E-state index contributed by atoms with van der Waals surface area (Å²) >= 11 is 0. The summed E-state index contributed by atoms with van der Waals surface area (Å²) in [6.07, 6.45) is 0. The van der Waals surface area contributed by atoms with Crippen molar-refractivity contribution in [2.75, 3.05) is 11.9 Å². The molecule has 2 nitrogen and oxygen atoms in total. The lowest BCUT2D eigenvalue weighted by molar-refractivity contribution is 0.296. The Morgan fingerprint density at radius 2 is 2.43 bits per heavy atom. The van der Waals surface area contributed by atoms with Crippen LogP contribution in [0.5, 0.6) is 5.75 Å². The molecule has 0 fully saturated rings. The van der Waals surface area contributed by atoms with Gasteiger partial charge in [-0.05, 0) is 19.1 Å². The zero-order chi connectivity index (χ0) is 10.1. The van der Waals surface area contributed by atoms with Crippen LogP contribution >= 0.6 is 0 Å². The third-order valence-electron chi connectivity index (χ3n) is 2.27. The van der Waals surface area contributed by atoms with Crippen LogP contribution in [0.25, 0.3) is 0 Å². The highest BCUT2D eigenvalue weighted by atomic mass is 19.1. The molecule has 0 spiro atoms. The van der Waals surface area contributed by atoms with Crippen LogP contribution in [0.2, 0.25) is 0 Å². The van der Waals surface area contributed by atoms with E-state index in [-0.39, 0.29) is 11.9 Å². The van der Waals surface area contributed by atoms with Crippen LogP contribution < -0.4 is 10.1 Å². The lowest BCUT2D eigenvalue weighted by Gasteiger charge is -2.27. The highest BCUT2D eigenvalue weighted by Gasteiger charge is 2.19. The van der Waals surface area contributed by atoms with Crippen molar-refractivity contribution in [3.8, 4) is 5.75 Å². The number of anilines is 1. The van der Waals surface area contributed by atoms with Crippen LogP contribution in [0.1, 0.15) is 6.92 Å². The van der Waals surface area contributed by atoms with Gasteiger partial charge in [-0.1, -0.05) is 12.2 Å². The largest absolute Gasteiger partial charge is 0.489 e. The van der Waals surface area contributed by atoms with Gasteiger partial charge in [-0.2, -0.15) is 0 Å². The van der Waals surface area contributed by atoms with E-state index in [2.05, 4.69) is 11.9 Å². The Hall–Kier alpha value is -1.51. The Labute approximate surface area is 82.4 Å². The van der Waals surface area contributed by atoms with Crippen molar-refractivity contribution >= 4 is 5.69 Å². The first-order valence-corrected chi connectivity index (χ1v) is 4.51. The second kappa shape index (κ2) is 3.33. The van der Waals surface area contributed by atoms with Crippen molar-refractivity contribution in [3.63, 3.8) is 0 Å². The van der Waals surface area contributed by atoms with Crippen molar-refractivity contribution in [2.24, 2.45) is 0 Å². The van der Waals surface area contributed by atoms with Crippen LogP contribution in [-0.4, -0.2) is 12.6 Å². The third kappa shape index (κ3) is 1.58. The fraction of sp³-hybridized carbons (Fsp3) is 0.273. The van der Waals surface area contributed by atoms with Gasteiger partial charge in [0.25, 0.3) is 0 Å². The Morgan fingerprint density at radius 3 is 3.14 bits per heavy atom. The summed E-state index contributed by atoms with van der Waals surface area (Å²) in [5.74, 6) is 0.293. The summed E-state index contributed by atoms with van der Waals surface area (Å²) in [4.78, 5) is 0. The lowest BCUT2D eigenvalue weighted by Crippen LogP contribution is -2.32. The molecule has 0 radical (unpaired) electrons. The zero-order valence-corrected chi connectivity index (χ0v) is 8.01. The highest BCUT2D eigenvalue weighted by molar-refractivity contribution is 5.59. The van der Waals surface area contributed by atoms with Gasteiger partial charge in [0.15, 0.2) is 0 Å². The SMILES string of the molecule is C=C(C)[C@H]1COc2cc(F)ccc2N1. The number of benzene rings is 1. The number of rotatable bonds is 1. The molecule has 1 N–H and O–H groups in total. The topological polar surface area (TPSA) is 21.3 Å².